The Morgan fingerprint density at radius 3 is 2.78 bits per heavy atom. The Morgan fingerprint density at radius 2 is 2.04 bits per heavy atom. The fraction of sp³-hybridized carbons (Fsp3) is 0.389. The van der Waals surface area contributed by atoms with Gasteiger partial charge in [-0.25, -0.2) is 4.79 Å². The maximum Gasteiger partial charge on any atom is 0.315 e. The molecule has 1 heterocycles. The molecule has 0 saturated heterocycles. The van der Waals surface area contributed by atoms with E-state index in [4.69, 9.17) is 4.42 Å². The van der Waals surface area contributed by atoms with E-state index in [9.17, 15) is 4.79 Å². The summed E-state index contributed by atoms with van der Waals surface area (Å²) >= 11 is 0. The van der Waals surface area contributed by atoms with Crippen LogP contribution in [0.25, 0.3) is 0 Å². The third-order valence-electron chi connectivity index (χ3n) is 4.26. The maximum atomic E-state index is 12.1. The molecule has 3 rings (SSSR count). The number of fused-ring (bicyclic) bond motifs is 1. The van der Waals surface area contributed by atoms with Crippen molar-refractivity contribution in [2.45, 2.75) is 31.8 Å². The van der Waals surface area contributed by atoms with E-state index in [0.717, 1.165) is 41.8 Å². The number of furan rings is 1. The molecule has 23 heavy (non-hydrogen) atoms. The first-order valence-electron chi connectivity index (χ1n) is 8.00. The Kier molecular flexibility index (Phi) is 4.55. The van der Waals surface area contributed by atoms with E-state index in [1.807, 2.05) is 44.4 Å². The summed E-state index contributed by atoms with van der Waals surface area (Å²) in [6, 6.07) is 10.0. The molecule has 1 atom stereocenters. The van der Waals surface area contributed by atoms with Crippen LogP contribution in [0, 0.1) is 0 Å². The smallest absolute Gasteiger partial charge is 0.315 e. The van der Waals surface area contributed by atoms with Crippen molar-refractivity contribution in [3.63, 3.8) is 0 Å². The van der Waals surface area contributed by atoms with Crippen LogP contribution in [0.4, 0.5) is 10.5 Å². The van der Waals surface area contributed by atoms with Crippen LogP contribution in [0.3, 0.4) is 0 Å². The number of rotatable bonds is 4. The summed E-state index contributed by atoms with van der Waals surface area (Å²) in [4.78, 5) is 14.2. The number of carbonyl (C=O) groups excluding carboxylic acids is 1. The average molecular weight is 313 g/mol. The van der Waals surface area contributed by atoms with Crippen LogP contribution in [0.2, 0.25) is 0 Å². The van der Waals surface area contributed by atoms with Crippen LogP contribution < -0.4 is 15.5 Å². The lowest BCUT2D eigenvalue weighted by atomic mass is 9.93. The third-order valence-corrected chi connectivity index (χ3v) is 4.26. The van der Waals surface area contributed by atoms with Crippen LogP contribution >= 0.6 is 0 Å². The van der Waals surface area contributed by atoms with E-state index in [1.165, 1.54) is 0 Å². The molecule has 0 aliphatic heterocycles. The highest BCUT2D eigenvalue weighted by Gasteiger charge is 2.23. The van der Waals surface area contributed by atoms with E-state index in [0.29, 0.717) is 6.54 Å². The summed E-state index contributed by atoms with van der Waals surface area (Å²) < 4.78 is 5.45. The minimum absolute atomic E-state index is 0.0496. The van der Waals surface area contributed by atoms with Gasteiger partial charge in [0.15, 0.2) is 0 Å². The van der Waals surface area contributed by atoms with Crippen LogP contribution in [-0.2, 0) is 13.0 Å². The van der Waals surface area contributed by atoms with Gasteiger partial charge in [0.05, 0.1) is 12.3 Å². The molecule has 1 unspecified atom stereocenters. The number of nitrogens with one attached hydrogen (secondary N) is 2. The number of urea groups is 1. The van der Waals surface area contributed by atoms with Crippen molar-refractivity contribution in [3.8, 4) is 0 Å². The molecule has 5 nitrogen and oxygen atoms in total. The number of amides is 2. The predicted molar refractivity (Wildman–Crippen MR) is 90.5 cm³/mol. The van der Waals surface area contributed by atoms with Gasteiger partial charge in [0.1, 0.15) is 5.76 Å². The van der Waals surface area contributed by atoms with E-state index >= 15 is 0 Å². The summed E-state index contributed by atoms with van der Waals surface area (Å²) in [6.45, 7) is 0.518. The number of benzene rings is 1. The standard InChI is InChI=1S/C18H23N3O2/c1-21(2)14-8-6-13(7-9-14)12-19-18(22)20-16-4-3-5-17-15(16)10-11-23-17/h6-11,16H,3-5,12H2,1-2H3,(H2,19,20,22). The van der Waals surface area contributed by atoms with E-state index in [1.54, 1.807) is 6.26 Å². The number of hydrogen-bond acceptors (Lipinski definition) is 3. The molecule has 0 spiro atoms. The lowest BCUT2D eigenvalue weighted by Crippen LogP contribution is -2.38. The lowest BCUT2D eigenvalue weighted by Gasteiger charge is -2.23. The molecule has 1 aliphatic carbocycles. The van der Waals surface area contributed by atoms with Gasteiger partial charge in [-0.3, -0.25) is 0 Å². The molecule has 122 valence electrons. The van der Waals surface area contributed by atoms with Gasteiger partial charge in [-0.05, 0) is 36.6 Å². The Morgan fingerprint density at radius 1 is 1.26 bits per heavy atom. The van der Waals surface area contributed by atoms with Crippen molar-refractivity contribution >= 4 is 11.7 Å². The summed E-state index contributed by atoms with van der Waals surface area (Å²) in [6.07, 6.45) is 4.66. The van der Waals surface area contributed by atoms with Gasteiger partial charge in [0.2, 0.25) is 0 Å². The number of carbonyl (C=O) groups is 1. The fourth-order valence-electron chi connectivity index (χ4n) is 2.94. The number of aryl methyl sites for hydroxylation is 1. The Hall–Kier alpha value is -2.43. The molecule has 0 fully saturated rings. The summed E-state index contributed by atoms with van der Waals surface area (Å²) in [7, 11) is 4.02. The fourth-order valence-corrected chi connectivity index (χ4v) is 2.94. The van der Waals surface area contributed by atoms with Crippen molar-refractivity contribution in [1.29, 1.82) is 0 Å². The van der Waals surface area contributed by atoms with Gasteiger partial charge < -0.3 is 20.0 Å². The first-order chi connectivity index (χ1) is 11.1. The van der Waals surface area contributed by atoms with Crippen LogP contribution in [0.5, 0.6) is 0 Å². The lowest BCUT2D eigenvalue weighted by molar-refractivity contribution is 0.234. The summed E-state index contributed by atoms with van der Waals surface area (Å²) in [5.41, 5.74) is 3.34. The highest BCUT2D eigenvalue weighted by molar-refractivity contribution is 5.74. The topological polar surface area (TPSA) is 57.5 Å². The second-order valence-electron chi connectivity index (χ2n) is 6.13. The number of nitrogens with zero attached hydrogens (tertiary/aromatic N) is 1. The van der Waals surface area contributed by atoms with Crippen molar-refractivity contribution in [3.05, 3.63) is 53.5 Å². The summed E-state index contributed by atoms with van der Waals surface area (Å²) in [5.74, 6) is 1.00. The largest absolute Gasteiger partial charge is 0.469 e. The second-order valence-corrected chi connectivity index (χ2v) is 6.13. The van der Waals surface area contributed by atoms with Gasteiger partial charge in [-0.2, -0.15) is 0 Å². The Labute approximate surface area is 136 Å². The predicted octanol–water partition coefficient (Wildman–Crippen LogP) is 3.22. The highest BCUT2D eigenvalue weighted by Crippen LogP contribution is 2.30. The molecule has 2 N–H and O–H groups in total. The second kappa shape index (κ2) is 6.77. The first-order valence-corrected chi connectivity index (χ1v) is 8.00. The molecule has 0 bridgehead atoms. The van der Waals surface area contributed by atoms with Crippen LogP contribution in [0.15, 0.2) is 41.0 Å². The molecule has 2 amide bonds. The Balaban J connectivity index is 1.52. The molecular formula is C18H23N3O2. The molecule has 1 aromatic carbocycles. The normalized spacial score (nSPS) is 16.5. The molecule has 1 aromatic heterocycles. The molecular weight excluding hydrogens is 290 g/mol. The minimum atomic E-state index is -0.138. The monoisotopic (exact) mass is 313 g/mol. The van der Waals surface area contributed by atoms with E-state index < -0.39 is 0 Å². The summed E-state index contributed by atoms with van der Waals surface area (Å²) in [5, 5.41) is 5.97. The molecule has 0 radical (unpaired) electrons. The van der Waals surface area contributed by atoms with E-state index in [2.05, 4.69) is 15.5 Å². The zero-order valence-corrected chi connectivity index (χ0v) is 13.6. The Bertz CT molecular complexity index is 661. The maximum absolute atomic E-state index is 12.1. The third kappa shape index (κ3) is 3.67. The van der Waals surface area contributed by atoms with Crippen molar-refractivity contribution in [1.82, 2.24) is 10.6 Å². The SMILES string of the molecule is CN(C)c1ccc(CNC(=O)NC2CCCc3occc32)cc1. The first kappa shape index (κ1) is 15.5. The van der Waals surface area contributed by atoms with Crippen LogP contribution in [-0.4, -0.2) is 20.1 Å². The minimum Gasteiger partial charge on any atom is -0.469 e. The van der Waals surface area contributed by atoms with Crippen LogP contribution in [0.1, 0.15) is 35.8 Å². The molecule has 2 aromatic rings. The zero-order valence-electron chi connectivity index (χ0n) is 13.6. The number of hydrogen-bond donors (Lipinski definition) is 2. The van der Waals surface area contributed by atoms with E-state index in [-0.39, 0.29) is 12.1 Å². The molecule has 1 aliphatic rings. The number of anilines is 1. The van der Waals surface area contributed by atoms with Crippen molar-refractivity contribution in [2.24, 2.45) is 0 Å². The molecule has 5 heteroatoms. The van der Waals surface area contributed by atoms with Gasteiger partial charge in [0, 0.05) is 38.3 Å². The molecule has 0 saturated carbocycles. The van der Waals surface area contributed by atoms with Gasteiger partial charge in [-0.15, -0.1) is 0 Å². The average Bonchev–Trinajstić information content (AvgIpc) is 3.03. The highest BCUT2D eigenvalue weighted by atomic mass is 16.3. The zero-order chi connectivity index (χ0) is 16.2. The van der Waals surface area contributed by atoms with Gasteiger partial charge >= 0.3 is 6.03 Å². The van der Waals surface area contributed by atoms with Gasteiger partial charge in [-0.1, -0.05) is 12.1 Å². The van der Waals surface area contributed by atoms with Crippen molar-refractivity contribution < 1.29 is 9.21 Å². The quantitative estimate of drug-likeness (QED) is 0.911. The van der Waals surface area contributed by atoms with Crippen molar-refractivity contribution in [2.75, 3.05) is 19.0 Å². The van der Waals surface area contributed by atoms with Gasteiger partial charge in [0.25, 0.3) is 0 Å².